The summed E-state index contributed by atoms with van der Waals surface area (Å²) < 4.78 is 1.31. The van der Waals surface area contributed by atoms with Gasteiger partial charge >= 0.3 is 6.09 Å². The number of aliphatic hydroxyl groups is 1. The van der Waals surface area contributed by atoms with Crippen LogP contribution in [0.4, 0.5) is 10.5 Å². The van der Waals surface area contributed by atoms with Crippen molar-refractivity contribution in [3.63, 3.8) is 0 Å². The number of hydrogen-bond donors (Lipinski definition) is 3. The molecule has 3 rings (SSSR count). The second kappa shape index (κ2) is 10.4. The van der Waals surface area contributed by atoms with E-state index in [1.807, 2.05) is 0 Å². The van der Waals surface area contributed by atoms with Gasteiger partial charge < -0.3 is 15.5 Å². The second-order valence-corrected chi connectivity index (χ2v) is 6.97. The van der Waals surface area contributed by atoms with Gasteiger partial charge in [-0.25, -0.2) is 9.48 Å². The number of benzene rings is 2. The van der Waals surface area contributed by atoms with Crippen LogP contribution in [-0.2, 0) is 6.54 Å². The number of carbonyl (C=O) groups is 2. The lowest BCUT2D eigenvalue weighted by molar-refractivity contribution is 0.0944. The lowest BCUT2D eigenvalue weighted by atomic mass is 10.1. The molecule has 3 aromatic rings. The van der Waals surface area contributed by atoms with Crippen molar-refractivity contribution in [2.45, 2.75) is 13.5 Å². The summed E-state index contributed by atoms with van der Waals surface area (Å²) in [6, 6.07) is 16.8. The molecule has 0 aliphatic carbocycles. The highest BCUT2D eigenvalue weighted by Crippen LogP contribution is 2.19. The van der Waals surface area contributed by atoms with Crippen molar-refractivity contribution in [1.82, 2.24) is 15.1 Å². The van der Waals surface area contributed by atoms with Crippen LogP contribution in [0.5, 0.6) is 0 Å². The highest BCUT2D eigenvalue weighted by Gasteiger charge is 2.13. The topological polar surface area (TPSA) is 125 Å². The van der Waals surface area contributed by atoms with Gasteiger partial charge in [0, 0.05) is 36.0 Å². The Morgan fingerprint density at radius 3 is 2.50 bits per heavy atom. The van der Waals surface area contributed by atoms with Gasteiger partial charge in [0.2, 0.25) is 0 Å². The molecule has 9 heteroatoms. The van der Waals surface area contributed by atoms with Gasteiger partial charge in [-0.2, -0.15) is 5.10 Å². The van der Waals surface area contributed by atoms with Crippen molar-refractivity contribution in [3.8, 4) is 11.3 Å². The molecule has 2 amide bonds. The lowest BCUT2D eigenvalue weighted by Gasteiger charge is -2.18. The largest absolute Gasteiger partial charge is 0.465 e. The Hall–Kier alpha value is -3.98. The molecule has 1 aromatic heterocycles. The molecule has 0 radical (unpaired) electrons. The SMILES string of the molecule is CCN(C(=O)O)c1cccc(Cn2nc(-c3ccc(C(=O)NCCO)cc3)ccc2=O)c1. The number of nitrogens with zero attached hydrogens (tertiary/aromatic N) is 3. The number of carboxylic acid groups (broad SMARTS) is 1. The first-order valence-electron chi connectivity index (χ1n) is 10.1. The smallest absolute Gasteiger partial charge is 0.411 e. The van der Waals surface area contributed by atoms with Gasteiger partial charge in [0.05, 0.1) is 18.8 Å². The van der Waals surface area contributed by atoms with Gasteiger partial charge in [0.25, 0.3) is 11.5 Å². The minimum absolute atomic E-state index is 0.134. The molecule has 32 heavy (non-hydrogen) atoms. The molecule has 0 saturated heterocycles. The molecule has 166 valence electrons. The van der Waals surface area contributed by atoms with E-state index < -0.39 is 6.09 Å². The molecule has 0 fully saturated rings. The molecule has 0 atom stereocenters. The van der Waals surface area contributed by atoms with Crippen LogP contribution in [0.3, 0.4) is 0 Å². The summed E-state index contributed by atoms with van der Waals surface area (Å²) >= 11 is 0. The van der Waals surface area contributed by atoms with Crippen molar-refractivity contribution in [2.24, 2.45) is 0 Å². The van der Waals surface area contributed by atoms with E-state index in [1.54, 1.807) is 61.5 Å². The predicted octanol–water partition coefficient (Wildman–Crippen LogP) is 2.18. The zero-order valence-corrected chi connectivity index (χ0v) is 17.6. The molecular formula is C23H24N4O5. The molecule has 0 aliphatic heterocycles. The number of aliphatic hydroxyl groups excluding tert-OH is 1. The average molecular weight is 436 g/mol. The standard InChI is InChI=1S/C23H24N4O5/c1-2-26(23(31)32)19-5-3-4-16(14-19)15-27-21(29)11-10-20(25-27)17-6-8-18(9-7-17)22(30)24-12-13-28/h3-11,14,28H,2,12-13,15H2,1H3,(H,24,30)(H,31,32). The zero-order valence-electron chi connectivity index (χ0n) is 17.6. The van der Waals surface area contributed by atoms with Gasteiger partial charge in [-0.05, 0) is 42.8 Å². The third-order valence-electron chi connectivity index (χ3n) is 4.81. The van der Waals surface area contributed by atoms with Crippen molar-refractivity contribution in [3.05, 3.63) is 82.1 Å². The number of hydrogen-bond acceptors (Lipinski definition) is 5. The van der Waals surface area contributed by atoms with Crippen LogP contribution in [0.2, 0.25) is 0 Å². The number of amides is 2. The maximum atomic E-state index is 12.4. The Balaban J connectivity index is 1.83. The Labute approximate surface area is 184 Å². The Kier molecular flexibility index (Phi) is 7.35. The van der Waals surface area contributed by atoms with Crippen LogP contribution in [-0.4, -0.2) is 51.7 Å². The maximum absolute atomic E-state index is 12.4. The molecule has 1 heterocycles. The van der Waals surface area contributed by atoms with E-state index in [2.05, 4.69) is 10.4 Å². The first kappa shape index (κ1) is 22.7. The first-order chi connectivity index (χ1) is 15.4. The van der Waals surface area contributed by atoms with E-state index in [0.29, 0.717) is 23.5 Å². The van der Waals surface area contributed by atoms with Crippen molar-refractivity contribution in [2.75, 3.05) is 24.6 Å². The van der Waals surface area contributed by atoms with E-state index >= 15 is 0 Å². The number of carbonyl (C=O) groups excluding carboxylic acids is 1. The van der Waals surface area contributed by atoms with Gasteiger partial charge in [-0.3, -0.25) is 14.5 Å². The minimum Gasteiger partial charge on any atom is -0.465 e. The molecule has 3 N–H and O–H groups in total. The van der Waals surface area contributed by atoms with Crippen molar-refractivity contribution in [1.29, 1.82) is 0 Å². The highest BCUT2D eigenvalue weighted by molar-refractivity contribution is 5.94. The van der Waals surface area contributed by atoms with Crippen LogP contribution < -0.4 is 15.8 Å². The Bertz CT molecular complexity index is 1160. The van der Waals surface area contributed by atoms with Crippen molar-refractivity contribution < 1.29 is 19.8 Å². The van der Waals surface area contributed by atoms with Crippen LogP contribution in [0.25, 0.3) is 11.3 Å². The van der Waals surface area contributed by atoms with Crippen LogP contribution >= 0.6 is 0 Å². The number of anilines is 1. The summed E-state index contributed by atoms with van der Waals surface area (Å²) in [5, 5.41) is 25.2. The van der Waals surface area contributed by atoms with E-state index in [9.17, 15) is 19.5 Å². The summed E-state index contributed by atoms with van der Waals surface area (Å²) in [6.45, 7) is 2.28. The molecule has 0 aliphatic rings. The third-order valence-corrected chi connectivity index (χ3v) is 4.81. The van der Waals surface area contributed by atoms with E-state index in [1.165, 1.54) is 15.6 Å². The van der Waals surface area contributed by atoms with Gasteiger partial charge in [-0.15, -0.1) is 0 Å². The van der Waals surface area contributed by atoms with Crippen molar-refractivity contribution >= 4 is 17.7 Å². The Morgan fingerprint density at radius 1 is 1.09 bits per heavy atom. The fourth-order valence-corrected chi connectivity index (χ4v) is 3.20. The molecular weight excluding hydrogens is 412 g/mol. The predicted molar refractivity (Wildman–Crippen MR) is 120 cm³/mol. The molecule has 0 saturated carbocycles. The van der Waals surface area contributed by atoms with Crippen LogP contribution in [0.15, 0.2) is 65.5 Å². The summed E-state index contributed by atoms with van der Waals surface area (Å²) in [4.78, 5) is 36.9. The van der Waals surface area contributed by atoms with Crippen LogP contribution in [0.1, 0.15) is 22.8 Å². The van der Waals surface area contributed by atoms with E-state index in [-0.39, 0.29) is 31.2 Å². The summed E-state index contributed by atoms with van der Waals surface area (Å²) in [7, 11) is 0. The summed E-state index contributed by atoms with van der Waals surface area (Å²) in [5.41, 5.74) is 2.72. The van der Waals surface area contributed by atoms with Gasteiger partial charge in [0.1, 0.15) is 0 Å². The maximum Gasteiger partial charge on any atom is 0.411 e. The second-order valence-electron chi connectivity index (χ2n) is 6.97. The van der Waals surface area contributed by atoms with Gasteiger partial charge in [-0.1, -0.05) is 24.3 Å². The molecule has 9 nitrogen and oxygen atoms in total. The fourth-order valence-electron chi connectivity index (χ4n) is 3.20. The third kappa shape index (κ3) is 5.38. The zero-order chi connectivity index (χ0) is 23.1. The quantitative estimate of drug-likeness (QED) is 0.497. The monoisotopic (exact) mass is 436 g/mol. The minimum atomic E-state index is -1.05. The normalized spacial score (nSPS) is 10.6. The fraction of sp³-hybridized carbons (Fsp3) is 0.217. The lowest BCUT2D eigenvalue weighted by Crippen LogP contribution is -2.29. The molecule has 0 unspecified atom stereocenters. The molecule has 0 bridgehead atoms. The molecule has 0 spiro atoms. The van der Waals surface area contributed by atoms with Gasteiger partial charge in [0.15, 0.2) is 0 Å². The Morgan fingerprint density at radius 2 is 1.84 bits per heavy atom. The number of aromatic nitrogens is 2. The average Bonchev–Trinajstić information content (AvgIpc) is 2.79. The molecule has 2 aromatic carbocycles. The first-order valence-corrected chi connectivity index (χ1v) is 10.1. The van der Waals surface area contributed by atoms with E-state index in [0.717, 1.165) is 11.1 Å². The van der Waals surface area contributed by atoms with E-state index in [4.69, 9.17) is 5.11 Å². The number of nitrogens with one attached hydrogen (secondary N) is 1. The number of rotatable bonds is 8. The van der Waals surface area contributed by atoms with Crippen LogP contribution in [0, 0.1) is 0 Å². The summed E-state index contributed by atoms with van der Waals surface area (Å²) in [6.07, 6.45) is -1.05. The summed E-state index contributed by atoms with van der Waals surface area (Å²) in [5.74, 6) is -0.286. The highest BCUT2D eigenvalue weighted by atomic mass is 16.4.